The van der Waals surface area contributed by atoms with E-state index < -0.39 is 0 Å². The Morgan fingerprint density at radius 1 is 0.935 bits per heavy atom. The van der Waals surface area contributed by atoms with E-state index in [9.17, 15) is 9.18 Å². The molecule has 1 aliphatic heterocycles. The molecule has 2 aromatic rings. The molecule has 31 heavy (non-hydrogen) atoms. The standard InChI is InChI=1S/C26H26BrFN2O/c27-21-5-1-19(2-6-21)23-12-24(20-3-7-22(28)8-4-20)30(29-23)25(31)26-13-16-9-17(14-26)11-18(10-16)15-26/h1-8,16-18,24H,9-15H2. The normalized spacial score (nSPS) is 33.6. The summed E-state index contributed by atoms with van der Waals surface area (Å²) >= 11 is 3.49. The predicted octanol–water partition coefficient (Wildman–Crippen LogP) is 6.48. The van der Waals surface area contributed by atoms with Crippen molar-refractivity contribution < 1.29 is 9.18 Å². The van der Waals surface area contributed by atoms with Crippen molar-refractivity contribution in [3.63, 3.8) is 0 Å². The Bertz CT molecular complexity index is 1010. The van der Waals surface area contributed by atoms with Gasteiger partial charge in [-0.25, -0.2) is 9.40 Å². The van der Waals surface area contributed by atoms with Crippen LogP contribution in [0.15, 0.2) is 58.1 Å². The summed E-state index contributed by atoms with van der Waals surface area (Å²) < 4.78 is 14.6. The molecule has 3 nitrogen and oxygen atoms in total. The highest BCUT2D eigenvalue weighted by molar-refractivity contribution is 9.10. The second kappa shape index (κ2) is 7.26. The number of carbonyl (C=O) groups is 1. The average Bonchev–Trinajstić information content (AvgIpc) is 3.18. The molecule has 1 amide bonds. The zero-order chi connectivity index (χ0) is 21.2. The molecule has 1 heterocycles. The van der Waals surface area contributed by atoms with E-state index in [1.165, 1.54) is 31.4 Å². The second-order valence-corrected chi connectivity index (χ2v) is 11.1. The number of carbonyl (C=O) groups excluding carboxylic acids is 1. The lowest BCUT2D eigenvalue weighted by atomic mass is 9.49. The van der Waals surface area contributed by atoms with Gasteiger partial charge in [-0.1, -0.05) is 40.2 Å². The SMILES string of the molecule is O=C(N1N=C(c2ccc(Br)cc2)CC1c1ccc(F)cc1)C12CC3CC(CC(C3)C1)C2. The van der Waals surface area contributed by atoms with Crippen molar-refractivity contribution >= 4 is 27.5 Å². The molecule has 1 unspecified atom stereocenters. The molecule has 160 valence electrons. The van der Waals surface area contributed by atoms with Crippen molar-refractivity contribution in [1.29, 1.82) is 0 Å². The Morgan fingerprint density at radius 3 is 2.10 bits per heavy atom. The minimum absolute atomic E-state index is 0.167. The second-order valence-electron chi connectivity index (χ2n) is 10.2. The van der Waals surface area contributed by atoms with Gasteiger partial charge in [-0.2, -0.15) is 5.10 Å². The summed E-state index contributed by atoms with van der Waals surface area (Å²) in [5.74, 6) is 2.06. The molecule has 7 rings (SSSR count). The fourth-order valence-corrected chi connectivity index (χ4v) is 7.34. The monoisotopic (exact) mass is 480 g/mol. The van der Waals surface area contributed by atoms with Gasteiger partial charge in [0, 0.05) is 10.9 Å². The molecule has 0 saturated heterocycles. The fraction of sp³-hybridized carbons (Fsp3) is 0.462. The van der Waals surface area contributed by atoms with Crippen LogP contribution in [0.3, 0.4) is 0 Å². The highest BCUT2D eigenvalue weighted by Gasteiger charge is 2.57. The Hall–Kier alpha value is -2.01. The van der Waals surface area contributed by atoms with Gasteiger partial charge in [-0.15, -0.1) is 0 Å². The number of amides is 1. The number of nitrogens with zero attached hydrogens (tertiary/aromatic N) is 2. The summed E-state index contributed by atoms with van der Waals surface area (Å²) in [4.78, 5) is 14.1. The van der Waals surface area contributed by atoms with Crippen LogP contribution in [0.1, 0.15) is 62.1 Å². The largest absolute Gasteiger partial charge is 0.272 e. The van der Waals surface area contributed by atoms with Crippen molar-refractivity contribution in [2.45, 2.75) is 51.0 Å². The Balaban J connectivity index is 1.37. The maximum absolute atomic E-state index is 14.1. The van der Waals surface area contributed by atoms with Crippen LogP contribution in [-0.2, 0) is 4.79 Å². The Labute approximate surface area is 190 Å². The number of hydrazone groups is 1. The van der Waals surface area contributed by atoms with Crippen LogP contribution < -0.4 is 0 Å². The first-order valence-corrected chi connectivity index (χ1v) is 12.2. The number of benzene rings is 2. The van der Waals surface area contributed by atoms with Gasteiger partial charge in [0.25, 0.3) is 0 Å². The zero-order valence-electron chi connectivity index (χ0n) is 17.4. The third-order valence-corrected chi connectivity index (χ3v) is 8.57. The summed E-state index contributed by atoms with van der Waals surface area (Å²) in [7, 11) is 0. The quantitative estimate of drug-likeness (QED) is 0.494. The molecule has 4 fully saturated rings. The minimum atomic E-state index is -0.255. The fourth-order valence-electron chi connectivity index (χ4n) is 7.07. The van der Waals surface area contributed by atoms with Crippen LogP contribution >= 0.6 is 15.9 Å². The lowest BCUT2D eigenvalue weighted by Gasteiger charge is -2.56. The van der Waals surface area contributed by atoms with Crippen LogP contribution in [-0.4, -0.2) is 16.6 Å². The molecule has 4 bridgehead atoms. The van der Waals surface area contributed by atoms with Gasteiger partial charge in [-0.05, 0) is 91.7 Å². The van der Waals surface area contributed by atoms with Crippen molar-refractivity contribution in [3.8, 4) is 0 Å². The van der Waals surface area contributed by atoms with E-state index >= 15 is 0 Å². The molecule has 2 aromatic carbocycles. The maximum Gasteiger partial charge on any atom is 0.249 e. The minimum Gasteiger partial charge on any atom is -0.272 e. The van der Waals surface area contributed by atoms with Gasteiger partial charge in [0.2, 0.25) is 5.91 Å². The molecule has 4 saturated carbocycles. The number of halogens is 2. The number of hydrogen-bond donors (Lipinski definition) is 0. The van der Waals surface area contributed by atoms with Crippen molar-refractivity contribution in [1.82, 2.24) is 5.01 Å². The van der Waals surface area contributed by atoms with Crippen molar-refractivity contribution in [2.75, 3.05) is 0 Å². The van der Waals surface area contributed by atoms with Gasteiger partial charge in [0.15, 0.2) is 0 Å². The van der Waals surface area contributed by atoms with Gasteiger partial charge in [0.1, 0.15) is 5.82 Å². The van der Waals surface area contributed by atoms with Gasteiger partial charge >= 0.3 is 0 Å². The van der Waals surface area contributed by atoms with Gasteiger partial charge in [0.05, 0.1) is 17.2 Å². The topological polar surface area (TPSA) is 32.7 Å². The lowest BCUT2D eigenvalue weighted by molar-refractivity contribution is -0.159. The highest BCUT2D eigenvalue weighted by Crippen LogP contribution is 2.61. The molecule has 5 aliphatic rings. The van der Waals surface area contributed by atoms with Crippen molar-refractivity contribution in [3.05, 3.63) is 69.9 Å². The summed E-state index contributed by atoms with van der Waals surface area (Å²) in [5.41, 5.74) is 2.68. The van der Waals surface area contributed by atoms with E-state index in [2.05, 4.69) is 15.9 Å². The number of hydrogen-bond acceptors (Lipinski definition) is 2. The maximum atomic E-state index is 14.1. The molecule has 5 heteroatoms. The lowest BCUT2D eigenvalue weighted by Crippen LogP contribution is -2.53. The Morgan fingerprint density at radius 2 is 1.52 bits per heavy atom. The van der Waals surface area contributed by atoms with E-state index in [0.717, 1.165) is 40.6 Å². The first-order chi connectivity index (χ1) is 15.0. The first kappa shape index (κ1) is 19.7. The van der Waals surface area contributed by atoms with E-state index in [0.29, 0.717) is 24.2 Å². The molecule has 0 radical (unpaired) electrons. The van der Waals surface area contributed by atoms with E-state index in [-0.39, 0.29) is 23.2 Å². The van der Waals surface area contributed by atoms with Crippen LogP contribution in [0.2, 0.25) is 0 Å². The van der Waals surface area contributed by atoms with Gasteiger partial charge < -0.3 is 0 Å². The van der Waals surface area contributed by atoms with E-state index in [4.69, 9.17) is 5.10 Å². The Kier molecular flexibility index (Phi) is 4.60. The smallest absolute Gasteiger partial charge is 0.249 e. The average molecular weight is 481 g/mol. The summed E-state index contributed by atoms with van der Waals surface area (Å²) in [6.45, 7) is 0. The predicted molar refractivity (Wildman–Crippen MR) is 122 cm³/mol. The van der Waals surface area contributed by atoms with Crippen molar-refractivity contribution in [2.24, 2.45) is 28.3 Å². The van der Waals surface area contributed by atoms with Gasteiger partial charge in [-0.3, -0.25) is 4.79 Å². The summed E-state index contributed by atoms with van der Waals surface area (Å²) in [6, 6.07) is 14.5. The van der Waals surface area contributed by atoms with E-state index in [1.807, 2.05) is 24.3 Å². The van der Waals surface area contributed by atoms with Crippen LogP contribution in [0.5, 0.6) is 0 Å². The number of rotatable bonds is 3. The molecule has 0 aromatic heterocycles. The molecule has 0 spiro atoms. The summed E-state index contributed by atoms with van der Waals surface area (Å²) in [5, 5.41) is 6.69. The highest BCUT2D eigenvalue weighted by atomic mass is 79.9. The first-order valence-electron chi connectivity index (χ1n) is 11.4. The summed E-state index contributed by atoms with van der Waals surface area (Å²) in [6.07, 6.45) is 7.64. The molecule has 1 atom stereocenters. The molecule has 4 aliphatic carbocycles. The van der Waals surface area contributed by atoms with E-state index in [1.54, 1.807) is 17.1 Å². The molecular formula is C26H26BrFN2O. The van der Waals surface area contributed by atoms with Crippen LogP contribution in [0.4, 0.5) is 4.39 Å². The molecular weight excluding hydrogens is 455 g/mol. The zero-order valence-corrected chi connectivity index (χ0v) is 19.0. The van der Waals surface area contributed by atoms with Crippen LogP contribution in [0.25, 0.3) is 0 Å². The third-order valence-electron chi connectivity index (χ3n) is 8.04. The van der Waals surface area contributed by atoms with Crippen LogP contribution in [0, 0.1) is 29.0 Å². The molecule has 0 N–H and O–H groups in total. The third kappa shape index (κ3) is 3.36.